The number of ether oxygens (including phenoxy) is 2. The number of carbonyl (C=O) groups is 1. The SMILES string of the molecule is CCCCCC(CNC(=O)Nc1c(Cl)cccc1Cl)c1cccc2c1OCO2. The lowest BCUT2D eigenvalue weighted by atomic mass is 9.92. The number of carbonyl (C=O) groups excluding carboxylic acids is 1. The van der Waals surface area contributed by atoms with Crippen LogP contribution in [0.2, 0.25) is 10.0 Å². The number of urea groups is 1. The van der Waals surface area contributed by atoms with Crippen molar-refractivity contribution in [3.05, 3.63) is 52.0 Å². The van der Waals surface area contributed by atoms with E-state index in [9.17, 15) is 4.79 Å². The third-order valence-corrected chi connectivity index (χ3v) is 5.36. The molecule has 2 aromatic rings. The van der Waals surface area contributed by atoms with E-state index in [2.05, 4.69) is 17.6 Å². The topological polar surface area (TPSA) is 59.6 Å². The van der Waals surface area contributed by atoms with E-state index >= 15 is 0 Å². The lowest BCUT2D eigenvalue weighted by Gasteiger charge is -2.20. The van der Waals surface area contributed by atoms with Crippen LogP contribution in [0.5, 0.6) is 11.5 Å². The van der Waals surface area contributed by atoms with E-state index in [0.717, 1.165) is 42.7 Å². The number of hydrogen-bond donors (Lipinski definition) is 2. The fourth-order valence-corrected chi connectivity index (χ4v) is 3.77. The fraction of sp³-hybridized carbons (Fsp3) is 0.381. The van der Waals surface area contributed by atoms with Crippen molar-refractivity contribution in [2.75, 3.05) is 18.7 Å². The van der Waals surface area contributed by atoms with Crippen LogP contribution in [0, 0.1) is 0 Å². The molecule has 0 saturated carbocycles. The van der Waals surface area contributed by atoms with Gasteiger partial charge in [-0.2, -0.15) is 0 Å². The van der Waals surface area contributed by atoms with Crippen LogP contribution in [-0.4, -0.2) is 19.4 Å². The number of amides is 2. The van der Waals surface area contributed by atoms with Gasteiger partial charge in [-0.05, 0) is 24.6 Å². The van der Waals surface area contributed by atoms with Crippen molar-refractivity contribution in [3.8, 4) is 11.5 Å². The standard InChI is InChI=1S/C21H24Cl2N2O3/c1-2-3-4-7-14(15-8-5-11-18-20(15)28-13-27-18)12-24-21(26)25-19-16(22)9-6-10-17(19)23/h5-6,8-11,14H,2-4,7,12-13H2,1H3,(H2,24,25,26). The minimum atomic E-state index is -0.347. The first kappa shape index (κ1) is 20.6. The molecule has 2 amide bonds. The molecule has 1 unspecified atom stereocenters. The molecule has 7 heteroatoms. The van der Waals surface area contributed by atoms with E-state index < -0.39 is 0 Å². The summed E-state index contributed by atoms with van der Waals surface area (Å²) in [5.74, 6) is 1.65. The van der Waals surface area contributed by atoms with Crippen molar-refractivity contribution < 1.29 is 14.3 Å². The average Bonchev–Trinajstić information content (AvgIpc) is 3.16. The predicted molar refractivity (Wildman–Crippen MR) is 113 cm³/mol. The highest BCUT2D eigenvalue weighted by Gasteiger charge is 2.23. The Kier molecular flexibility index (Phi) is 7.29. The molecule has 28 heavy (non-hydrogen) atoms. The van der Waals surface area contributed by atoms with E-state index in [1.54, 1.807) is 18.2 Å². The van der Waals surface area contributed by atoms with E-state index in [1.807, 2.05) is 18.2 Å². The maximum absolute atomic E-state index is 12.4. The molecule has 1 aliphatic heterocycles. The molecule has 3 rings (SSSR count). The van der Waals surface area contributed by atoms with E-state index in [4.69, 9.17) is 32.7 Å². The Balaban J connectivity index is 1.68. The zero-order valence-electron chi connectivity index (χ0n) is 15.8. The molecular weight excluding hydrogens is 399 g/mol. The lowest BCUT2D eigenvalue weighted by Crippen LogP contribution is -2.32. The summed E-state index contributed by atoms with van der Waals surface area (Å²) < 4.78 is 11.2. The van der Waals surface area contributed by atoms with Crippen LogP contribution >= 0.6 is 23.2 Å². The maximum Gasteiger partial charge on any atom is 0.319 e. The summed E-state index contributed by atoms with van der Waals surface area (Å²) in [6.45, 7) is 2.87. The number of para-hydroxylation sites is 2. The van der Waals surface area contributed by atoms with Gasteiger partial charge in [-0.15, -0.1) is 0 Å². The van der Waals surface area contributed by atoms with Crippen molar-refractivity contribution in [1.82, 2.24) is 5.32 Å². The molecular formula is C21H24Cl2N2O3. The Morgan fingerprint density at radius 3 is 2.61 bits per heavy atom. The molecule has 0 radical (unpaired) electrons. The quantitative estimate of drug-likeness (QED) is 0.497. The third-order valence-electron chi connectivity index (χ3n) is 4.73. The Bertz CT molecular complexity index is 809. The Labute approximate surface area is 175 Å². The summed E-state index contributed by atoms with van der Waals surface area (Å²) in [6.07, 6.45) is 4.30. The lowest BCUT2D eigenvalue weighted by molar-refractivity contribution is 0.173. The minimum absolute atomic E-state index is 0.121. The molecule has 5 nitrogen and oxygen atoms in total. The summed E-state index contributed by atoms with van der Waals surface area (Å²) in [7, 11) is 0. The third kappa shape index (κ3) is 5.03. The second-order valence-corrected chi connectivity index (χ2v) is 7.52. The average molecular weight is 423 g/mol. The molecule has 1 aliphatic rings. The largest absolute Gasteiger partial charge is 0.454 e. The summed E-state index contributed by atoms with van der Waals surface area (Å²) in [5.41, 5.74) is 1.46. The highest BCUT2D eigenvalue weighted by Crippen LogP contribution is 2.40. The number of benzene rings is 2. The predicted octanol–water partition coefficient (Wildman–Crippen LogP) is 6.21. The Hall–Kier alpha value is -2.11. The summed E-state index contributed by atoms with van der Waals surface area (Å²) in [6, 6.07) is 10.6. The highest BCUT2D eigenvalue weighted by molar-refractivity contribution is 6.39. The van der Waals surface area contributed by atoms with Gasteiger partial charge in [0.25, 0.3) is 0 Å². The Morgan fingerprint density at radius 1 is 1.11 bits per heavy atom. The fourth-order valence-electron chi connectivity index (χ4n) is 3.27. The summed E-state index contributed by atoms with van der Waals surface area (Å²) in [4.78, 5) is 12.4. The Morgan fingerprint density at radius 2 is 1.86 bits per heavy atom. The highest BCUT2D eigenvalue weighted by atomic mass is 35.5. The zero-order valence-corrected chi connectivity index (χ0v) is 17.3. The van der Waals surface area contributed by atoms with Gasteiger partial charge in [0.05, 0.1) is 15.7 Å². The molecule has 2 N–H and O–H groups in total. The van der Waals surface area contributed by atoms with Crippen molar-refractivity contribution in [2.45, 2.75) is 38.5 Å². The number of halogens is 2. The second kappa shape index (κ2) is 9.89. The first-order chi connectivity index (χ1) is 13.6. The van der Waals surface area contributed by atoms with Crippen LogP contribution in [0.15, 0.2) is 36.4 Å². The van der Waals surface area contributed by atoms with Gasteiger partial charge in [-0.25, -0.2) is 4.79 Å². The van der Waals surface area contributed by atoms with Crippen molar-refractivity contribution >= 4 is 34.9 Å². The van der Waals surface area contributed by atoms with Gasteiger partial charge in [0.2, 0.25) is 6.79 Å². The number of unbranched alkanes of at least 4 members (excludes halogenated alkanes) is 2. The molecule has 0 fully saturated rings. The molecule has 150 valence electrons. The molecule has 0 bridgehead atoms. The molecule has 1 heterocycles. The summed E-state index contributed by atoms with van der Waals surface area (Å²) in [5, 5.41) is 6.47. The number of hydrogen-bond acceptors (Lipinski definition) is 3. The molecule has 1 atom stereocenters. The smallest absolute Gasteiger partial charge is 0.319 e. The maximum atomic E-state index is 12.4. The molecule has 2 aromatic carbocycles. The van der Waals surface area contributed by atoms with E-state index in [0.29, 0.717) is 22.3 Å². The van der Waals surface area contributed by atoms with Gasteiger partial charge in [-0.1, -0.05) is 67.6 Å². The second-order valence-electron chi connectivity index (χ2n) is 6.71. The van der Waals surface area contributed by atoms with Gasteiger partial charge < -0.3 is 20.1 Å². The van der Waals surface area contributed by atoms with Crippen LogP contribution in [0.4, 0.5) is 10.5 Å². The summed E-state index contributed by atoms with van der Waals surface area (Å²) >= 11 is 12.2. The molecule has 0 spiro atoms. The molecule has 0 aromatic heterocycles. The normalized spacial score (nSPS) is 13.2. The first-order valence-corrected chi connectivity index (χ1v) is 10.2. The van der Waals surface area contributed by atoms with E-state index in [1.165, 1.54) is 0 Å². The van der Waals surface area contributed by atoms with Gasteiger partial charge >= 0.3 is 6.03 Å². The van der Waals surface area contributed by atoms with Crippen LogP contribution in [0.3, 0.4) is 0 Å². The van der Waals surface area contributed by atoms with Crippen LogP contribution in [0.1, 0.15) is 44.1 Å². The van der Waals surface area contributed by atoms with Gasteiger partial charge in [0.15, 0.2) is 11.5 Å². The van der Waals surface area contributed by atoms with E-state index in [-0.39, 0.29) is 18.7 Å². The molecule has 0 aliphatic carbocycles. The minimum Gasteiger partial charge on any atom is -0.454 e. The van der Waals surface area contributed by atoms with Gasteiger partial charge in [0, 0.05) is 18.0 Å². The van der Waals surface area contributed by atoms with Gasteiger partial charge in [0.1, 0.15) is 0 Å². The van der Waals surface area contributed by atoms with Crippen molar-refractivity contribution in [2.24, 2.45) is 0 Å². The number of nitrogens with one attached hydrogen (secondary N) is 2. The number of anilines is 1. The van der Waals surface area contributed by atoms with Crippen LogP contribution in [-0.2, 0) is 0 Å². The van der Waals surface area contributed by atoms with Crippen LogP contribution < -0.4 is 20.1 Å². The molecule has 0 saturated heterocycles. The zero-order chi connectivity index (χ0) is 19.9. The van der Waals surface area contributed by atoms with Gasteiger partial charge in [-0.3, -0.25) is 0 Å². The van der Waals surface area contributed by atoms with Crippen molar-refractivity contribution in [1.29, 1.82) is 0 Å². The monoisotopic (exact) mass is 422 g/mol. The number of fused-ring (bicyclic) bond motifs is 1. The van der Waals surface area contributed by atoms with Crippen molar-refractivity contribution in [3.63, 3.8) is 0 Å². The first-order valence-electron chi connectivity index (χ1n) is 9.47. The van der Waals surface area contributed by atoms with Crippen LogP contribution in [0.25, 0.3) is 0 Å². The number of rotatable bonds is 8.